The van der Waals surface area contributed by atoms with Crippen molar-refractivity contribution in [1.29, 1.82) is 0 Å². The lowest BCUT2D eigenvalue weighted by Gasteiger charge is -2.05. The van der Waals surface area contributed by atoms with E-state index in [1.165, 1.54) is 5.56 Å². The first-order valence-electron chi connectivity index (χ1n) is 6.75. The van der Waals surface area contributed by atoms with Gasteiger partial charge in [0.2, 0.25) is 0 Å². The summed E-state index contributed by atoms with van der Waals surface area (Å²) >= 11 is 0. The van der Waals surface area contributed by atoms with E-state index in [0.29, 0.717) is 5.56 Å². The molecule has 100 valence electrons. The molecule has 2 heteroatoms. The molecule has 0 unspecified atom stereocenters. The second-order valence-electron chi connectivity index (χ2n) is 3.87. The predicted octanol–water partition coefficient (Wildman–Crippen LogP) is 4.53. The average Bonchev–Trinajstić information content (AvgIpc) is 2.51. The normalized spacial score (nSPS) is 9.21. The van der Waals surface area contributed by atoms with Crippen molar-refractivity contribution in [3.05, 3.63) is 65.7 Å². The zero-order valence-electron chi connectivity index (χ0n) is 11.8. The minimum Gasteiger partial charge on any atom is -0.322 e. The third-order valence-corrected chi connectivity index (χ3v) is 2.66. The van der Waals surface area contributed by atoms with Gasteiger partial charge in [-0.25, -0.2) is 0 Å². The molecule has 2 aromatic carbocycles. The van der Waals surface area contributed by atoms with E-state index in [-0.39, 0.29) is 5.91 Å². The van der Waals surface area contributed by atoms with E-state index in [4.69, 9.17) is 0 Å². The number of rotatable bonds is 3. The summed E-state index contributed by atoms with van der Waals surface area (Å²) in [5, 5.41) is 2.87. The largest absolute Gasteiger partial charge is 0.322 e. The minimum atomic E-state index is -0.0742. The van der Waals surface area contributed by atoms with Crippen LogP contribution in [0, 0.1) is 0 Å². The quantitative estimate of drug-likeness (QED) is 0.858. The molecule has 0 radical (unpaired) electrons. The van der Waals surface area contributed by atoms with Crippen molar-refractivity contribution in [3.63, 3.8) is 0 Å². The van der Waals surface area contributed by atoms with Crippen molar-refractivity contribution in [1.82, 2.24) is 0 Å². The molecule has 1 amide bonds. The lowest BCUT2D eigenvalue weighted by atomic mass is 10.1. The van der Waals surface area contributed by atoms with Gasteiger partial charge in [0.1, 0.15) is 0 Å². The molecule has 0 aliphatic heterocycles. The number of nitrogens with one attached hydrogen (secondary N) is 1. The van der Waals surface area contributed by atoms with Crippen molar-refractivity contribution in [2.45, 2.75) is 27.2 Å². The molecule has 1 N–H and O–H groups in total. The molecule has 0 spiro atoms. The number of anilines is 1. The number of aryl methyl sites for hydroxylation is 1. The molecule has 19 heavy (non-hydrogen) atoms. The Bertz CT molecular complexity index is 488. The molecular formula is C17H21NO. The number of carbonyl (C=O) groups is 1. The van der Waals surface area contributed by atoms with Gasteiger partial charge in [0.15, 0.2) is 0 Å². The Labute approximate surface area is 115 Å². The van der Waals surface area contributed by atoms with Crippen LogP contribution in [0.3, 0.4) is 0 Å². The lowest BCUT2D eigenvalue weighted by molar-refractivity contribution is 0.102. The Morgan fingerprint density at radius 1 is 0.947 bits per heavy atom. The van der Waals surface area contributed by atoms with E-state index in [9.17, 15) is 4.79 Å². The molecule has 0 atom stereocenters. The highest BCUT2D eigenvalue weighted by molar-refractivity contribution is 6.04. The van der Waals surface area contributed by atoms with Crippen LogP contribution in [0.4, 0.5) is 5.69 Å². The molecule has 2 aromatic rings. The van der Waals surface area contributed by atoms with E-state index < -0.39 is 0 Å². The van der Waals surface area contributed by atoms with Crippen LogP contribution >= 0.6 is 0 Å². The van der Waals surface area contributed by atoms with Crippen LogP contribution < -0.4 is 5.32 Å². The van der Waals surface area contributed by atoms with Crippen molar-refractivity contribution in [3.8, 4) is 0 Å². The van der Waals surface area contributed by atoms with Gasteiger partial charge in [0, 0.05) is 11.3 Å². The second kappa shape index (κ2) is 8.09. The Morgan fingerprint density at radius 2 is 1.53 bits per heavy atom. The maximum Gasteiger partial charge on any atom is 0.255 e. The molecule has 0 aliphatic rings. The highest BCUT2D eigenvalue weighted by atomic mass is 16.1. The molecule has 0 aliphatic carbocycles. The van der Waals surface area contributed by atoms with Gasteiger partial charge in [-0.15, -0.1) is 0 Å². The summed E-state index contributed by atoms with van der Waals surface area (Å²) in [6.45, 7) is 6.11. The van der Waals surface area contributed by atoms with Crippen LogP contribution in [0.1, 0.15) is 36.7 Å². The number of amides is 1. The Kier molecular flexibility index (Phi) is 6.37. The summed E-state index contributed by atoms with van der Waals surface area (Å²) in [7, 11) is 0. The molecule has 2 rings (SSSR count). The first-order valence-corrected chi connectivity index (χ1v) is 6.75. The Morgan fingerprint density at radius 3 is 2.05 bits per heavy atom. The number of hydrogen-bond donors (Lipinski definition) is 1. The first-order chi connectivity index (χ1) is 9.29. The van der Waals surface area contributed by atoms with E-state index in [1.54, 1.807) is 12.1 Å². The number of carbonyl (C=O) groups excluding carboxylic acids is 1. The summed E-state index contributed by atoms with van der Waals surface area (Å²) < 4.78 is 0. The molecule has 0 fully saturated rings. The summed E-state index contributed by atoms with van der Waals surface area (Å²) in [6.07, 6.45) is 1.01. The molecule has 0 saturated heterocycles. The summed E-state index contributed by atoms with van der Waals surface area (Å²) in [4.78, 5) is 11.9. The van der Waals surface area contributed by atoms with Crippen LogP contribution in [0.25, 0.3) is 0 Å². The average molecular weight is 255 g/mol. The summed E-state index contributed by atoms with van der Waals surface area (Å²) in [5.41, 5.74) is 2.77. The summed E-state index contributed by atoms with van der Waals surface area (Å²) in [5.74, 6) is -0.0742. The second-order valence-corrected chi connectivity index (χ2v) is 3.87. The Balaban J connectivity index is 0.000000861. The smallest absolute Gasteiger partial charge is 0.255 e. The van der Waals surface area contributed by atoms with Crippen LogP contribution in [0.5, 0.6) is 0 Å². The van der Waals surface area contributed by atoms with Gasteiger partial charge in [0.25, 0.3) is 5.91 Å². The molecule has 0 heterocycles. The monoisotopic (exact) mass is 255 g/mol. The van der Waals surface area contributed by atoms with E-state index in [1.807, 2.05) is 56.3 Å². The zero-order valence-corrected chi connectivity index (χ0v) is 11.8. The van der Waals surface area contributed by atoms with Gasteiger partial charge in [-0.05, 0) is 36.2 Å². The van der Waals surface area contributed by atoms with Gasteiger partial charge >= 0.3 is 0 Å². The van der Waals surface area contributed by atoms with Gasteiger partial charge in [-0.1, -0.05) is 51.1 Å². The Hall–Kier alpha value is -2.09. The zero-order chi connectivity index (χ0) is 14.1. The van der Waals surface area contributed by atoms with Crippen LogP contribution in [-0.2, 0) is 6.42 Å². The van der Waals surface area contributed by atoms with Crippen LogP contribution in [-0.4, -0.2) is 5.91 Å². The van der Waals surface area contributed by atoms with Crippen molar-refractivity contribution < 1.29 is 4.79 Å². The standard InChI is InChI=1S/C15H15NO.C2H6/c1-2-12-8-10-14(11-9-12)16-15(17)13-6-4-3-5-7-13;1-2/h3-11H,2H2,1H3,(H,16,17);1-2H3. The topological polar surface area (TPSA) is 29.1 Å². The van der Waals surface area contributed by atoms with Crippen molar-refractivity contribution in [2.24, 2.45) is 0 Å². The number of hydrogen-bond acceptors (Lipinski definition) is 1. The third-order valence-electron chi connectivity index (χ3n) is 2.66. The molecule has 2 nitrogen and oxygen atoms in total. The highest BCUT2D eigenvalue weighted by Crippen LogP contribution is 2.11. The van der Waals surface area contributed by atoms with Gasteiger partial charge in [-0.3, -0.25) is 4.79 Å². The minimum absolute atomic E-state index is 0.0742. The summed E-state index contributed by atoms with van der Waals surface area (Å²) in [6, 6.07) is 17.1. The van der Waals surface area contributed by atoms with Crippen LogP contribution in [0.2, 0.25) is 0 Å². The fourth-order valence-electron chi connectivity index (χ4n) is 1.62. The van der Waals surface area contributed by atoms with E-state index in [0.717, 1.165) is 12.1 Å². The van der Waals surface area contributed by atoms with Crippen molar-refractivity contribution >= 4 is 11.6 Å². The van der Waals surface area contributed by atoms with E-state index >= 15 is 0 Å². The maximum absolute atomic E-state index is 11.9. The van der Waals surface area contributed by atoms with Gasteiger partial charge in [-0.2, -0.15) is 0 Å². The lowest BCUT2D eigenvalue weighted by Crippen LogP contribution is -2.11. The molecule has 0 saturated carbocycles. The molecule has 0 aromatic heterocycles. The maximum atomic E-state index is 11.9. The third kappa shape index (κ3) is 4.59. The predicted molar refractivity (Wildman–Crippen MR) is 81.6 cm³/mol. The van der Waals surface area contributed by atoms with Gasteiger partial charge < -0.3 is 5.32 Å². The first kappa shape index (κ1) is 15.0. The highest BCUT2D eigenvalue weighted by Gasteiger charge is 2.04. The van der Waals surface area contributed by atoms with Crippen molar-refractivity contribution in [2.75, 3.05) is 5.32 Å². The number of benzene rings is 2. The van der Waals surface area contributed by atoms with Crippen LogP contribution in [0.15, 0.2) is 54.6 Å². The van der Waals surface area contributed by atoms with Gasteiger partial charge in [0.05, 0.1) is 0 Å². The fourth-order valence-corrected chi connectivity index (χ4v) is 1.62. The SMILES string of the molecule is CC.CCc1ccc(NC(=O)c2ccccc2)cc1. The fraction of sp³-hybridized carbons (Fsp3) is 0.235. The van der Waals surface area contributed by atoms with E-state index in [2.05, 4.69) is 12.2 Å². The molecule has 0 bridgehead atoms. The molecular weight excluding hydrogens is 234 g/mol.